The first kappa shape index (κ1) is 30.5. The fourth-order valence-electron chi connectivity index (χ4n) is 5.20. The Bertz CT molecular complexity index is 1440. The third-order valence-corrected chi connectivity index (χ3v) is 7.32. The van der Waals surface area contributed by atoms with Gasteiger partial charge in [-0.25, -0.2) is 0 Å². The minimum Gasteiger partial charge on any atom is -0.507 e. The summed E-state index contributed by atoms with van der Waals surface area (Å²) in [5, 5.41) is 11.7. The zero-order valence-corrected chi connectivity index (χ0v) is 25.0. The number of benzene rings is 3. The van der Waals surface area contributed by atoms with Gasteiger partial charge >= 0.3 is 0 Å². The van der Waals surface area contributed by atoms with Crippen molar-refractivity contribution in [3.63, 3.8) is 0 Å². The van der Waals surface area contributed by atoms with Gasteiger partial charge < -0.3 is 33.9 Å². The molecular formula is C33H39N2O7+. The van der Waals surface area contributed by atoms with Crippen LogP contribution < -0.4 is 23.8 Å². The molecule has 1 aliphatic heterocycles. The van der Waals surface area contributed by atoms with Crippen molar-refractivity contribution < 1.29 is 38.5 Å². The number of hydrogen-bond donors (Lipinski definition) is 2. The van der Waals surface area contributed by atoms with E-state index in [-0.39, 0.29) is 11.3 Å². The van der Waals surface area contributed by atoms with Crippen LogP contribution in [0.1, 0.15) is 34.7 Å². The van der Waals surface area contributed by atoms with E-state index >= 15 is 0 Å². The van der Waals surface area contributed by atoms with Crippen molar-refractivity contribution in [3.8, 4) is 23.0 Å². The molecule has 0 saturated carbocycles. The Hall–Kier alpha value is -4.50. The number of aryl methyl sites for hydroxylation is 1. The van der Waals surface area contributed by atoms with E-state index in [0.717, 1.165) is 12.1 Å². The van der Waals surface area contributed by atoms with Crippen LogP contribution in [0.3, 0.4) is 0 Å². The SMILES string of the molecule is COc1cc([C@H]2C(=C(O)c3ccc(OCc4ccccc4)cc3C)C(=O)C(=O)N2CCC[NH+](C)C)cc(OC)c1OC. The summed E-state index contributed by atoms with van der Waals surface area (Å²) in [7, 11) is 8.57. The Morgan fingerprint density at radius 2 is 1.60 bits per heavy atom. The van der Waals surface area contributed by atoms with Crippen LogP contribution in [-0.2, 0) is 16.2 Å². The quantitative estimate of drug-likeness (QED) is 0.194. The Kier molecular flexibility index (Phi) is 9.75. The second-order valence-corrected chi connectivity index (χ2v) is 10.5. The van der Waals surface area contributed by atoms with Crippen LogP contribution in [0.25, 0.3) is 5.76 Å². The molecule has 1 amide bonds. The zero-order chi connectivity index (χ0) is 30.4. The topological polar surface area (TPSA) is 99.0 Å². The first-order valence-corrected chi connectivity index (χ1v) is 13.8. The standard InChI is InChI=1S/C33H38N2O7/c1-21-17-24(42-20-22-11-8-7-9-12-22)13-14-25(21)30(36)28-29(35(33(38)31(28)37)16-10-15-34(2)3)23-18-26(39-4)32(41-6)27(19-23)40-5/h7-9,11-14,17-19,29,36H,10,15-16,20H2,1-6H3/p+1/t29-/m0/s1. The number of hydrogen-bond acceptors (Lipinski definition) is 7. The third-order valence-electron chi connectivity index (χ3n) is 7.32. The zero-order valence-electron chi connectivity index (χ0n) is 25.0. The minimum absolute atomic E-state index is 0.00697. The fourth-order valence-corrected chi connectivity index (χ4v) is 5.20. The molecule has 222 valence electrons. The molecule has 1 fully saturated rings. The van der Waals surface area contributed by atoms with E-state index < -0.39 is 17.7 Å². The highest BCUT2D eigenvalue weighted by atomic mass is 16.5. The average Bonchev–Trinajstić information content (AvgIpc) is 3.24. The summed E-state index contributed by atoms with van der Waals surface area (Å²) in [5.41, 5.74) is 2.73. The van der Waals surface area contributed by atoms with Gasteiger partial charge in [-0.2, -0.15) is 0 Å². The van der Waals surface area contributed by atoms with Crippen molar-refractivity contribution in [1.82, 2.24) is 4.90 Å². The first-order valence-electron chi connectivity index (χ1n) is 13.8. The van der Waals surface area contributed by atoms with E-state index in [9.17, 15) is 14.7 Å². The van der Waals surface area contributed by atoms with Gasteiger partial charge in [0.2, 0.25) is 5.75 Å². The molecule has 42 heavy (non-hydrogen) atoms. The predicted molar refractivity (Wildman–Crippen MR) is 159 cm³/mol. The Labute approximate surface area is 246 Å². The lowest BCUT2D eigenvalue weighted by Crippen LogP contribution is -3.05. The Morgan fingerprint density at radius 3 is 2.17 bits per heavy atom. The largest absolute Gasteiger partial charge is 0.507 e. The van der Waals surface area contributed by atoms with Crippen molar-refractivity contribution in [2.24, 2.45) is 0 Å². The molecule has 9 heteroatoms. The second kappa shape index (κ2) is 13.4. The van der Waals surface area contributed by atoms with Gasteiger partial charge in [0.1, 0.15) is 18.1 Å². The third kappa shape index (κ3) is 6.36. The highest BCUT2D eigenvalue weighted by Gasteiger charge is 2.46. The van der Waals surface area contributed by atoms with Crippen LogP contribution in [0, 0.1) is 6.92 Å². The van der Waals surface area contributed by atoms with Crippen LogP contribution in [0.4, 0.5) is 0 Å². The van der Waals surface area contributed by atoms with E-state index in [1.54, 1.807) is 24.3 Å². The molecular weight excluding hydrogens is 536 g/mol. The summed E-state index contributed by atoms with van der Waals surface area (Å²) < 4.78 is 22.5. The molecule has 0 spiro atoms. The van der Waals surface area contributed by atoms with Crippen LogP contribution in [0.15, 0.2) is 66.2 Å². The molecule has 1 saturated heterocycles. The number of aliphatic hydroxyl groups excluding tert-OH is 1. The second-order valence-electron chi connectivity index (χ2n) is 10.5. The van der Waals surface area contributed by atoms with Gasteiger partial charge in [0.25, 0.3) is 11.7 Å². The average molecular weight is 576 g/mol. The summed E-state index contributed by atoms with van der Waals surface area (Å²) in [4.78, 5) is 29.7. The van der Waals surface area contributed by atoms with Crippen LogP contribution in [0.2, 0.25) is 0 Å². The van der Waals surface area contributed by atoms with E-state index in [1.165, 1.54) is 31.1 Å². The van der Waals surface area contributed by atoms with Gasteiger partial charge in [0.15, 0.2) is 11.5 Å². The normalized spacial score (nSPS) is 16.2. The number of amides is 1. The Balaban J connectivity index is 1.78. The molecule has 3 aromatic rings. The number of aliphatic hydroxyl groups is 1. The lowest BCUT2D eigenvalue weighted by Gasteiger charge is -2.27. The van der Waals surface area contributed by atoms with Crippen molar-refractivity contribution in [2.45, 2.75) is 26.0 Å². The lowest BCUT2D eigenvalue weighted by atomic mass is 9.93. The molecule has 2 N–H and O–H groups in total. The van der Waals surface area contributed by atoms with Gasteiger partial charge in [0.05, 0.1) is 53.6 Å². The molecule has 9 nitrogen and oxygen atoms in total. The van der Waals surface area contributed by atoms with Gasteiger partial charge in [-0.1, -0.05) is 30.3 Å². The number of likely N-dealkylation sites (tertiary alicyclic amines) is 1. The number of ether oxygens (including phenoxy) is 4. The Morgan fingerprint density at radius 1 is 0.929 bits per heavy atom. The summed E-state index contributed by atoms with van der Waals surface area (Å²) in [5.74, 6) is 0.119. The molecule has 3 aromatic carbocycles. The summed E-state index contributed by atoms with van der Waals surface area (Å²) >= 11 is 0. The smallest absolute Gasteiger partial charge is 0.295 e. The lowest BCUT2D eigenvalue weighted by molar-refractivity contribution is -0.858. The number of nitrogens with one attached hydrogen (secondary N) is 1. The first-order chi connectivity index (χ1) is 20.2. The summed E-state index contributed by atoms with van der Waals surface area (Å²) in [6.07, 6.45) is 0.669. The maximum atomic E-state index is 13.6. The molecule has 0 radical (unpaired) electrons. The molecule has 1 aliphatic rings. The van der Waals surface area contributed by atoms with Gasteiger partial charge in [-0.05, 0) is 53.9 Å². The van der Waals surface area contributed by atoms with Crippen LogP contribution in [-0.4, -0.2) is 70.2 Å². The summed E-state index contributed by atoms with van der Waals surface area (Å²) in [6.45, 7) is 3.36. The highest BCUT2D eigenvalue weighted by Crippen LogP contribution is 2.46. The fraction of sp³-hybridized carbons (Fsp3) is 0.333. The molecule has 1 heterocycles. The van der Waals surface area contributed by atoms with Crippen LogP contribution >= 0.6 is 0 Å². The maximum absolute atomic E-state index is 13.6. The molecule has 4 rings (SSSR count). The van der Waals surface area contributed by atoms with Gasteiger partial charge in [-0.3, -0.25) is 9.59 Å². The number of quaternary nitrogens is 1. The van der Waals surface area contributed by atoms with E-state index in [0.29, 0.717) is 59.3 Å². The van der Waals surface area contributed by atoms with Crippen molar-refractivity contribution in [2.75, 3.05) is 48.5 Å². The van der Waals surface area contributed by atoms with Crippen LogP contribution in [0.5, 0.6) is 23.0 Å². The van der Waals surface area contributed by atoms with Crippen molar-refractivity contribution in [3.05, 3.63) is 88.5 Å². The van der Waals surface area contributed by atoms with Gasteiger partial charge in [0, 0.05) is 18.5 Å². The molecule has 1 atom stereocenters. The van der Waals surface area contributed by atoms with Gasteiger partial charge in [-0.15, -0.1) is 0 Å². The number of Topliss-reactive ketones (excluding diaryl/α,β-unsaturated/α-hetero) is 1. The molecule has 0 aliphatic carbocycles. The van der Waals surface area contributed by atoms with E-state index in [4.69, 9.17) is 18.9 Å². The summed E-state index contributed by atoms with van der Waals surface area (Å²) in [6, 6.07) is 17.6. The van der Waals surface area contributed by atoms with E-state index in [1.807, 2.05) is 57.4 Å². The number of carbonyl (C=O) groups excluding carboxylic acids is 2. The molecule has 0 aromatic heterocycles. The number of rotatable bonds is 12. The molecule has 0 unspecified atom stereocenters. The predicted octanol–water partition coefficient (Wildman–Crippen LogP) is 3.56. The maximum Gasteiger partial charge on any atom is 0.295 e. The highest BCUT2D eigenvalue weighted by molar-refractivity contribution is 6.46. The molecule has 0 bridgehead atoms. The number of carbonyl (C=O) groups is 2. The van der Waals surface area contributed by atoms with Crippen molar-refractivity contribution >= 4 is 17.4 Å². The monoisotopic (exact) mass is 575 g/mol. The van der Waals surface area contributed by atoms with E-state index in [2.05, 4.69) is 0 Å². The minimum atomic E-state index is -0.857. The number of ketones is 1. The van der Waals surface area contributed by atoms with Crippen molar-refractivity contribution in [1.29, 1.82) is 0 Å². The number of methoxy groups -OCH3 is 3. The number of nitrogens with zero attached hydrogens (tertiary/aromatic N) is 1.